The van der Waals surface area contributed by atoms with E-state index in [4.69, 9.17) is 0 Å². The minimum atomic E-state index is -0.198. The molecule has 1 aliphatic carbocycles. The first-order valence-corrected chi connectivity index (χ1v) is 10.4. The number of aromatic nitrogens is 1. The summed E-state index contributed by atoms with van der Waals surface area (Å²) in [6.45, 7) is 2.60. The Kier molecular flexibility index (Phi) is 5.63. The number of nitrogens with one attached hydrogen (secondary N) is 1. The number of rotatable bonds is 7. The fourth-order valence-corrected chi connectivity index (χ4v) is 4.49. The van der Waals surface area contributed by atoms with Crippen LogP contribution in [-0.4, -0.2) is 29.1 Å². The van der Waals surface area contributed by atoms with Gasteiger partial charge in [0.15, 0.2) is 0 Å². The van der Waals surface area contributed by atoms with E-state index < -0.39 is 0 Å². The van der Waals surface area contributed by atoms with Crippen molar-refractivity contribution in [1.29, 1.82) is 0 Å². The monoisotopic (exact) mass is 388 g/mol. The molecule has 3 aromatic rings. The third-order valence-electron chi connectivity index (χ3n) is 6.33. The van der Waals surface area contributed by atoms with Gasteiger partial charge in [0.05, 0.1) is 6.61 Å². The zero-order valence-corrected chi connectivity index (χ0v) is 16.8. The zero-order valence-electron chi connectivity index (χ0n) is 16.8. The molecule has 0 spiro atoms. The summed E-state index contributed by atoms with van der Waals surface area (Å²) in [5.41, 5.74) is 2.21. The molecule has 29 heavy (non-hydrogen) atoms. The quantitative estimate of drug-likeness (QED) is 0.641. The Morgan fingerprint density at radius 2 is 1.86 bits per heavy atom. The van der Waals surface area contributed by atoms with Crippen molar-refractivity contribution < 1.29 is 9.90 Å². The summed E-state index contributed by atoms with van der Waals surface area (Å²) in [5.74, 6) is 0.358. The van der Waals surface area contributed by atoms with Gasteiger partial charge in [-0.1, -0.05) is 61.5 Å². The van der Waals surface area contributed by atoms with E-state index in [0.29, 0.717) is 18.9 Å². The molecule has 0 radical (unpaired) electrons. The van der Waals surface area contributed by atoms with Crippen LogP contribution in [0.3, 0.4) is 0 Å². The topological polar surface area (TPSA) is 62.2 Å². The van der Waals surface area contributed by atoms with Crippen LogP contribution < -0.4 is 5.32 Å². The predicted molar refractivity (Wildman–Crippen MR) is 116 cm³/mol. The fraction of sp³-hybridized carbons (Fsp3) is 0.360. The van der Waals surface area contributed by atoms with Crippen LogP contribution in [0, 0.1) is 11.3 Å². The Hall–Kier alpha value is -2.72. The Bertz CT molecular complexity index is 975. The number of amides is 1. The lowest BCUT2D eigenvalue weighted by Crippen LogP contribution is -2.49. The van der Waals surface area contributed by atoms with Gasteiger partial charge >= 0.3 is 0 Å². The van der Waals surface area contributed by atoms with Crippen molar-refractivity contribution >= 4 is 16.7 Å². The van der Waals surface area contributed by atoms with Gasteiger partial charge in [-0.05, 0) is 41.7 Å². The van der Waals surface area contributed by atoms with E-state index in [1.807, 2.05) is 43.6 Å². The van der Waals surface area contributed by atoms with Crippen LogP contribution >= 0.6 is 0 Å². The molecule has 2 aromatic carbocycles. The van der Waals surface area contributed by atoms with E-state index >= 15 is 0 Å². The zero-order chi connectivity index (χ0) is 20.3. The van der Waals surface area contributed by atoms with Gasteiger partial charge in [0.25, 0.3) is 0 Å². The molecule has 1 saturated carbocycles. The maximum Gasteiger partial charge on any atom is 0.223 e. The molecule has 0 aliphatic heterocycles. The van der Waals surface area contributed by atoms with E-state index in [1.54, 1.807) is 0 Å². The lowest BCUT2D eigenvalue weighted by atomic mass is 9.60. The first-order valence-electron chi connectivity index (χ1n) is 10.4. The number of hydrogen-bond acceptors (Lipinski definition) is 3. The molecule has 0 bridgehead atoms. The van der Waals surface area contributed by atoms with Gasteiger partial charge < -0.3 is 10.4 Å². The second-order valence-electron chi connectivity index (χ2n) is 8.52. The van der Waals surface area contributed by atoms with Crippen LogP contribution in [0.15, 0.2) is 67.0 Å². The van der Waals surface area contributed by atoms with Crippen LogP contribution in [0.5, 0.6) is 0 Å². The van der Waals surface area contributed by atoms with Crippen LogP contribution in [0.25, 0.3) is 10.8 Å². The molecule has 4 rings (SSSR count). The number of aliphatic hydroxyl groups is 1. The molecule has 0 saturated heterocycles. The highest BCUT2D eigenvalue weighted by Gasteiger charge is 2.44. The van der Waals surface area contributed by atoms with Crippen LogP contribution in [0.4, 0.5) is 0 Å². The average molecular weight is 389 g/mol. The second kappa shape index (κ2) is 8.34. The summed E-state index contributed by atoms with van der Waals surface area (Å²) in [5, 5.41) is 15.3. The van der Waals surface area contributed by atoms with Crippen molar-refractivity contribution in [2.45, 2.75) is 32.1 Å². The number of fused-ring (bicyclic) bond motifs is 1. The van der Waals surface area contributed by atoms with Gasteiger partial charge in [-0.25, -0.2) is 0 Å². The minimum absolute atomic E-state index is 0.0360. The number of carbonyl (C=O) groups is 1. The van der Waals surface area contributed by atoms with Gasteiger partial charge in [-0.2, -0.15) is 0 Å². The second-order valence-corrected chi connectivity index (χ2v) is 8.52. The lowest BCUT2D eigenvalue weighted by Gasteiger charge is -2.47. The largest absolute Gasteiger partial charge is 0.396 e. The number of pyridine rings is 1. The Morgan fingerprint density at radius 1 is 1.14 bits per heavy atom. The van der Waals surface area contributed by atoms with E-state index in [9.17, 15) is 9.90 Å². The predicted octanol–water partition coefficient (Wildman–Crippen LogP) is 4.09. The number of carbonyl (C=O) groups excluding carboxylic acids is 1. The average Bonchev–Trinajstić information content (AvgIpc) is 2.74. The third-order valence-corrected chi connectivity index (χ3v) is 6.33. The molecule has 1 amide bonds. The number of benzene rings is 2. The molecule has 4 heteroatoms. The lowest BCUT2D eigenvalue weighted by molar-refractivity contribution is -0.125. The molecule has 2 N–H and O–H groups in total. The molecule has 1 fully saturated rings. The van der Waals surface area contributed by atoms with Gasteiger partial charge in [0, 0.05) is 35.7 Å². The number of nitrogens with zero attached hydrogens (tertiary/aromatic N) is 1. The van der Waals surface area contributed by atoms with Gasteiger partial charge in [-0.3, -0.25) is 9.78 Å². The molecule has 150 valence electrons. The first-order chi connectivity index (χ1) is 14.1. The van der Waals surface area contributed by atoms with E-state index in [2.05, 4.69) is 40.6 Å². The summed E-state index contributed by atoms with van der Waals surface area (Å²) >= 11 is 0. The van der Waals surface area contributed by atoms with Crippen molar-refractivity contribution in [2.24, 2.45) is 11.3 Å². The van der Waals surface area contributed by atoms with Crippen molar-refractivity contribution in [3.05, 3.63) is 78.1 Å². The smallest absolute Gasteiger partial charge is 0.223 e. The normalized spacial score (nSPS) is 22.1. The van der Waals surface area contributed by atoms with Crippen molar-refractivity contribution in [1.82, 2.24) is 10.3 Å². The maximum absolute atomic E-state index is 12.7. The Balaban J connectivity index is 1.34. The summed E-state index contributed by atoms with van der Waals surface area (Å²) in [6.07, 6.45) is 6.19. The third kappa shape index (κ3) is 4.18. The molecular formula is C25H28N2O2. The standard InChI is InChI=1S/C25H28N2O2/c1-18(11-21-15-26-14-20-9-5-6-10-23(20)21)24(29)27-16-25(17-28)12-22(13-25)19-7-3-2-4-8-19/h2-10,14-15,18,22,28H,11-13,16-17H2,1H3,(H,27,29). The molecule has 1 atom stereocenters. The number of hydrogen-bond donors (Lipinski definition) is 2. The minimum Gasteiger partial charge on any atom is -0.396 e. The van der Waals surface area contributed by atoms with E-state index in [-0.39, 0.29) is 23.8 Å². The van der Waals surface area contributed by atoms with Crippen LogP contribution in [0.1, 0.15) is 36.8 Å². The van der Waals surface area contributed by atoms with Crippen molar-refractivity contribution in [3.63, 3.8) is 0 Å². The van der Waals surface area contributed by atoms with Crippen LogP contribution in [-0.2, 0) is 11.2 Å². The SMILES string of the molecule is CC(Cc1cncc2ccccc12)C(=O)NCC1(CO)CC(c2ccccc2)C1. The van der Waals surface area contributed by atoms with Gasteiger partial charge in [-0.15, -0.1) is 0 Å². The summed E-state index contributed by atoms with van der Waals surface area (Å²) in [4.78, 5) is 17.0. The highest BCUT2D eigenvalue weighted by molar-refractivity contribution is 5.85. The van der Waals surface area contributed by atoms with Gasteiger partial charge in [0.2, 0.25) is 5.91 Å². The Morgan fingerprint density at radius 3 is 2.62 bits per heavy atom. The van der Waals surface area contributed by atoms with Crippen LogP contribution in [0.2, 0.25) is 0 Å². The fourth-order valence-electron chi connectivity index (χ4n) is 4.49. The molecule has 1 aromatic heterocycles. The van der Waals surface area contributed by atoms with Crippen molar-refractivity contribution in [2.75, 3.05) is 13.2 Å². The molecule has 4 nitrogen and oxygen atoms in total. The first kappa shape index (κ1) is 19.6. The molecule has 1 aliphatic rings. The summed E-state index contributed by atoms with van der Waals surface area (Å²) in [6, 6.07) is 18.6. The van der Waals surface area contributed by atoms with E-state index in [1.165, 1.54) is 5.56 Å². The molecule has 1 heterocycles. The maximum atomic E-state index is 12.7. The van der Waals surface area contributed by atoms with Gasteiger partial charge in [0.1, 0.15) is 0 Å². The molecular weight excluding hydrogens is 360 g/mol. The van der Waals surface area contributed by atoms with Crippen molar-refractivity contribution in [3.8, 4) is 0 Å². The molecule has 1 unspecified atom stereocenters. The highest BCUT2D eigenvalue weighted by Crippen LogP contribution is 2.50. The summed E-state index contributed by atoms with van der Waals surface area (Å²) in [7, 11) is 0. The Labute approximate surface area is 172 Å². The highest BCUT2D eigenvalue weighted by atomic mass is 16.3. The van der Waals surface area contributed by atoms with E-state index in [0.717, 1.165) is 29.2 Å². The number of aliphatic hydroxyl groups excluding tert-OH is 1. The summed E-state index contributed by atoms with van der Waals surface area (Å²) < 4.78 is 0.